The van der Waals surface area contributed by atoms with E-state index in [1.165, 1.54) is 24.3 Å². The molecule has 0 amide bonds. The molecule has 6 rings (SSSR count). The van der Waals surface area contributed by atoms with Gasteiger partial charge in [0.2, 0.25) is 0 Å². The molecule has 3 aromatic rings. The first-order chi connectivity index (χ1) is 17.1. The highest BCUT2D eigenvalue weighted by molar-refractivity contribution is 5.91. The maximum atomic E-state index is 13.4. The SMILES string of the molecule is COC(=O)C1=CO[C@H](C)[C@@H]2CN3CCc4c([nH]c5ccccc45)[C@H]3[C@@H](OC(=O)c3ccccc3)[C@H]12. The number of esters is 2. The van der Waals surface area contributed by atoms with E-state index >= 15 is 0 Å². The number of hydrogen-bond acceptors (Lipinski definition) is 6. The highest BCUT2D eigenvalue weighted by Gasteiger charge is 2.54. The number of nitrogens with zero attached hydrogens (tertiary/aromatic N) is 1. The average molecular weight is 473 g/mol. The third kappa shape index (κ3) is 3.53. The lowest BCUT2D eigenvalue weighted by Crippen LogP contribution is -2.59. The lowest BCUT2D eigenvalue weighted by atomic mass is 9.70. The van der Waals surface area contributed by atoms with Gasteiger partial charge in [0.15, 0.2) is 0 Å². The van der Waals surface area contributed by atoms with Crippen LogP contribution in [0.5, 0.6) is 0 Å². The third-order valence-electron chi connectivity index (χ3n) is 7.80. The molecular weight excluding hydrogens is 444 g/mol. The molecule has 3 aliphatic heterocycles. The third-order valence-corrected chi connectivity index (χ3v) is 7.80. The summed E-state index contributed by atoms with van der Waals surface area (Å²) in [5.41, 5.74) is 4.29. The van der Waals surface area contributed by atoms with Crippen LogP contribution in [0.25, 0.3) is 10.9 Å². The molecule has 0 aliphatic carbocycles. The summed E-state index contributed by atoms with van der Waals surface area (Å²) in [6, 6.07) is 17.1. The van der Waals surface area contributed by atoms with E-state index < -0.39 is 18.0 Å². The van der Waals surface area contributed by atoms with E-state index in [9.17, 15) is 9.59 Å². The van der Waals surface area contributed by atoms with E-state index in [1.54, 1.807) is 12.1 Å². The second-order valence-corrected chi connectivity index (χ2v) is 9.58. The Balaban J connectivity index is 1.49. The first kappa shape index (κ1) is 21.9. The number of benzene rings is 2. The topological polar surface area (TPSA) is 80.9 Å². The van der Waals surface area contributed by atoms with Gasteiger partial charge < -0.3 is 19.2 Å². The van der Waals surface area contributed by atoms with E-state index in [1.807, 2.05) is 37.3 Å². The van der Waals surface area contributed by atoms with Crippen LogP contribution in [0, 0.1) is 11.8 Å². The van der Waals surface area contributed by atoms with Crippen LogP contribution in [0.4, 0.5) is 0 Å². The molecule has 7 heteroatoms. The van der Waals surface area contributed by atoms with E-state index in [2.05, 4.69) is 22.0 Å². The van der Waals surface area contributed by atoms with Crippen molar-refractivity contribution in [3.63, 3.8) is 0 Å². The lowest BCUT2D eigenvalue weighted by Gasteiger charge is -2.52. The Kier molecular flexibility index (Phi) is 5.37. The number of hydrogen-bond donors (Lipinski definition) is 1. The first-order valence-electron chi connectivity index (χ1n) is 12.1. The zero-order valence-electron chi connectivity index (χ0n) is 19.8. The second kappa shape index (κ2) is 8.57. The minimum absolute atomic E-state index is 0.0233. The van der Waals surface area contributed by atoms with Crippen molar-refractivity contribution in [2.75, 3.05) is 20.2 Å². The molecular formula is C28H28N2O5. The van der Waals surface area contributed by atoms with Crippen molar-refractivity contribution in [2.45, 2.75) is 31.6 Å². The molecule has 4 heterocycles. The van der Waals surface area contributed by atoms with Crippen molar-refractivity contribution in [3.05, 3.63) is 83.3 Å². The van der Waals surface area contributed by atoms with Gasteiger partial charge in [0.1, 0.15) is 6.10 Å². The molecule has 35 heavy (non-hydrogen) atoms. The number of nitrogens with one attached hydrogen (secondary N) is 1. The highest BCUT2D eigenvalue weighted by atomic mass is 16.5. The van der Waals surface area contributed by atoms with Gasteiger partial charge in [-0.25, -0.2) is 9.59 Å². The van der Waals surface area contributed by atoms with Crippen molar-refractivity contribution in [2.24, 2.45) is 11.8 Å². The maximum absolute atomic E-state index is 13.4. The summed E-state index contributed by atoms with van der Waals surface area (Å²) >= 11 is 0. The molecule has 0 bridgehead atoms. The van der Waals surface area contributed by atoms with Crippen LogP contribution in [0.15, 0.2) is 66.4 Å². The van der Waals surface area contributed by atoms with Gasteiger partial charge in [-0.15, -0.1) is 0 Å². The predicted molar refractivity (Wildman–Crippen MR) is 130 cm³/mol. The number of para-hydroxylation sites is 1. The number of fused-ring (bicyclic) bond motifs is 6. The van der Waals surface area contributed by atoms with Gasteiger partial charge in [-0.05, 0) is 37.1 Å². The zero-order valence-corrected chi connectivity index (χ0v) is 19.8. The van der Waals surface area contributed by atoms with Crippen LogP contribution in [-0.2, 0) is 25.4 Å². The van der Waals surface area contributed by atoms with Crippen molar-refractivity contribution < 1.29 is 23.8 Å². The van der Waals surface area contributed by atoms with Crippen LogP contribution >= 0.6 is 0 Å². The largest absolute Gasteiger partial charge is 0.497 e. The Labute approximate surface area is 203 Å². The molecule has 0 spiro atoms. The first-order valence-corrected chi connectivity index (χ1v) is 12.1. The number of rotatable bonds is 3. The van der Waals surface area contributed by atoms with Crippen molar-refractivity contribution in [1.82, 2.24) is 9.88 Å². The molecule has 180 valence electrons. The summed E-state index contributed by atoms with van der Waals surface area (Å²) in [5, 5.41) is 1.20. The number of ether oxygens (including phenoxy) is 3. The molecule has 1 N–H and O–H groups in total. The predicted octanol–water partition coefficient (Wildman–Crippen LogP) is 4.01. The number of carbonyl (C=O) groups is 2. The zero-order chi connectivity index (χ0) is 24.1. The Morgan fingerprint density at radius 1 is 1.06 bits per heavy atom. The molecule has 5 atom stereocenters. The van der Waals surface area contributed by atoms with Crippen LogP contribution < -0.4 is 0 Å². The van der Waals surface area contributed by atoms with E-state index in [0.717, 1.165) is 30.7 Å². The van der Waals surface area contributed by atoms with Crippen LogP contribution in [0.2, 0.25) is 0 Å². The molecule has 3 aliphatic rings. The summed E-state index contributed by atoms with van der Waals surface area (Å²) in [7, 11) is 1.37. The molecule has 7 nitrogen and oxygen atoms in total. The summed E-state index contributed by atoms with van der Waals surface area (Å²) in [6.45, 7) is 3.59. The smallest absolute Gasteiger partial charge is 0.338 e. The Bertz CT molecular complexity index is 1310. The van der Waals surface area contributed by atoms with Gasteiger partial charge >= 0.3 is 11.9 Å². The van der Waals surface area contributed by atoms with Crippen LogP contribution in [-0.4, -0.2) is 54.2 Å². The summed E-state index contributed by atoms with van der Waals surface area (Å²) < 4.78 is 17.3. The lowest BCUT2D eigenvalue weighted by molar-refractivity contribution is -0.144. The summed E-state index contributed by atoms with van der Waals surface area (Å²) in [6.07, 6.45) is 1.69. The fraction of sp³-hybridized carbons (Fsp3) is 0.357. The van der Waals surface area contributed by atoms with Crippen molar-refractivity contribution in [1.29, 1.82) is 0 Å². The Morgan fingerprint density at radius 2 is 1.83 bits per heavy atom. The maximum Gasteiger partial charge on any atom is 0.338 e. The normalized spacial score (nSPS) is 27.6. The fourth-order valence-corrected chi connectivity index (χ4v) is 6.13. The van der Waals surface area contributed by atoms with E-state index in [4.69, 9.17) is 14.2 Å². The van der Waals surface area contributed by atoms with Crippen LogP contribution in [0.1, 0.15) is 34.6 Å². The van der Waals surface area contributed by atoms with E-state index in [-0.39, 0.29) is 24.0 Å². The van der Waals surface area contributed by atoms with Crippen LogP contribution in [0.3, 0.4) is 0 Å². The minimum Gasteiger partial charge on any atom is -0.497 e. The highest BCUT2D eigenvalue weighted by Crippen LogP contribution is 2.49. The molecule has 0 radical (unpaired) electrons. The number of aromatic nitrogens is 1. The van der Waals surface area contributed by atoms with Gasteiger partial charge in [-0.3, -0.25) is 4.90 Å². The van der Waals surface area contributed by atoms with Gasteiger partial charge in [0, 0.05) is 41.5 Å². The Hall–Kier alpha value is -3.58. The summed E-state index contributed by atoms with van der Waals surface area (Å²) in [4.78, 5) is 32.2. The van der Waals surface area contributed by atoms with Crippen molar-refractivity contribution in [3.8, 4) is 0 Å². The number of aromatic amines is 1. The molecule has 1 fully saturated rings. The van der Waals surface area contributed by atoms with E-state index in [0.29, 0.717) is 11.1 Å². The number of H-pyrrole nitrogens is 1. The summed E-state index contributed by atoms with van der Waals surface area (Å²) in [5.74, 6) is -1.22. The Morgan fingerprint density at radius 3 is 2.63 bits per heavy atom. The van der Waals surface area contributed by atoms with Gasteiger partial charge in [-0.1, -0.05) is 36.4 Å². The molecule has 0 saturated carbocycles. The number of methoxy groups -OCH3 is 1. The monoisotopic (exact) mass is 472 g/mol. The molecule has 0 unspecified atom stereocenters. The standard InChI is InChI=1S/C28H28N2O5/c1-16-20-14-30-13-12-19-18-10-6-7-11-22(18)29-24(19)25(30)26(23(20)21(15-34-16)28(32)33-2)35-27(31)17-8-4-3-5-9-17/h3-11,15-16,20,23,25-26,29H,12-14H2,1-2H3/t16-,20+,23+,25+,26+/m1/s1. The van der Waals surface area contributed by atoms with Crippen molar-refractivity contribution >= 4 is 22.8 Å². The number of carbonyl (C=O) groups excluding carboxylic acids is 2. The van der Waals surface area contributed by atoms with Gasteiger partial charge in [0.25, 0.3) is 0 Å². The fourth-order valence-electron chi connectivity index (χ4n) is 6.13. The van der Waals surface area contributed by atoms with Gasteiger partial charge in [0.05, 0.1) is 36.7 Å². The van der Waals surface area contributed by atoms with Gasteiger partial charge in [-0.2, -0.15) is 0 Å². The quantitative estimate of drug-likeness (QED) is 0.580. The average Bonchev–Trinajstić information content (AvgIpc) is 3.28. The minimum atomic E-state index is -0.592. The number of piperidine rings is 1. The molecule has 1 saturated heterocycles. The second-order valence-electron chi connectivity index (χ2n) is 9.58. The molecule has 1 aromatic heterocycles. The molecule has 2 aromatic carbocycles.